The van der Waals surface area contributed by atoms with Crippen LogP contribution >= 0.6 is 0 Å². The fraction of sp³-hybridized carbons (Fsp3) is 0.690. The van der Waals surface area contributed by atoms with Gasteiger partial charge < -0.3 is 98.7 Å². The molecule has 12 amide bonds. The maximum atomic E-state index is 14.1. The first-order valence-electron chi connectivity index (χ1n) is 30.6. The van der Waals surface area contributed by atoms with Crippen LogP contribution in [0.3, 0.4) is 0 Å². The maximum absolute atomic E-state index is 14.1. The fourth-order valence-corrected chi connectivity index (χ4v) is 10.3. The van der Waals surface area contributed by atoms with Crippen LogP contribution in [0.2, 0.25) is 0 Å². The maximum Gasteiger partial charge on any atom is 2.00 e. The molecule has 0 bridgehead atoms. The monoisotopic (exact) mass is 1330 g/mol. The van der Waals surface area contributed by atoms with Gasteiger partial charge >= 0.3 is 49.7 Å². The minimum absolute atomic E-state index is 0. The second-order valence-electron chi connectivity index (χ2n) is 23.6. The van der Waals surface area contributed by atoms with Crippen molar-refractivity contribution in [2.24, 2.45) is 23.5 Å². The van der Waals surface area contributed by atoms with Crippen molar-refractivity contribution in [1.82, 2.24) is 63.0 Å². The van der Waals surface area contributed by atoms with Crippen LogP contribution < -0.4 is 69.1 Å². The predicted molar refractivity (Wildman–Crippen MR) is 320 cm³/mol. The van der Waals surface area contributed by atoms with E-state index in [1.807, 2.05) is 21.3 Å². The summed E-state index contributed by atoms with van der Waals surface area (Å²) in [6.45, 7) is 9.68. The van der Waals surface area contributed by atoms with Gasteiger partial charge in [-0.1, -0.05) is 72.5 Å². The van der Waals surface area contributed by atoms with Crippen LogP contribution in [0.15, 0.2) is 12.2 Å². The Bertz CT molecular complexity index is 2720. The molecule has 3 aliphatic heterocycles. The topological polar surface area (TPSA) is 512 Å². The predicted octanol–water partition coefficient (Wildman–Crippen LogP) is -6.46. The second-order valence-corrected chi connectivity index (χ2v) is 23.6. The van der Waals surface area contributed by atoms with Gasteiger partial charge in [0.1, 0.15) is 54.4 Å². The Morgan fingerprint density at radius 2 is 1.20 bits per heavy atom. The third kappa shape index (κ3) is 26.2. The average molecular weight is 1330 g/mol. The van der Waals surface area contributed by atoms with Crippen molar-refractivity contribution in [2.75, 3.05) is 26.2 Å². The first-order chi connectivity index (χ1) is 42.8. The van der Waals surface area contributed by atoms with Gasteiger partial charge in [0.15, 0.2) is 0 Å². The Hall–Kier alpha value is -7.52. The van der Waals surface area contributed by atoms with Crippen LogP contribution in [0.1, 0.15) is 145 Å². The minimum atomic E-state index is -2.20. The number of nitrogens with one attached hydrogen (secondary N) is 10. The van der Waals surface area contributed by atoms with Gasteiger partial charge in [0, 0.05) is 49.8 Å². The zero-order chi connectivity index (χ0) is 68.4. The number of likely N-dealkylation sites (tertiary alicyclic amines) is 1. The standard InChI is InChI=1S/C58H91N13O20.Ca/c1-8-30(4)18-13-11-9-10-12-14-21-39(72)63-36(26-44(79)80)51(83)68-46(31(5)58(90)91)54(86)65-35(25-43(77)78)50(82)60-27-40(73)64-34(24-42(75)76)49(81)61-28-41(74)66-47(32(6)59)55(87)67-45(29(2)3)56(88)71-23-17-20-38(71)52(84)62-33(7)48-57(89)70-22-16-15-19-37(70)53(85)69-48;/h12,14,29-38,45-48H,8-11,13,15-28,59H2,1-7H3,(H,60,82)(H,61,81)(H,62,84)(H,63,72)(H,64,73)(H,65,86)(H,66,74)(H,67,87)(H,68,83)(H,69,85)(H,75,76)(H,77,78)(H,79,80)(H,90,91);/q;+2/p-2/b14-12+;/t30?,31-,32+,33+,34+,35+,36+,37-,38+,45+,46+,47-,48+;/m1./s1. The number of carbonyl (C=O) groups excluding carboxylic acids is 14. The van der Waals surface area contributed by atoms with Gasteiger partial charge in [-0.2, -0.15) is 0 Å². The van der Waals surface area contributed by atoms with E-state index in [1.165, 1.54) is 22.8 Å². The van der Waals surface area contributed by atoms with E-state index >= 15 is 0 Å². The molecule has 0 aromatic carbocycles. The van der Waals surface area contributed by atoms with E-state index in [1.54, 1.807) is 26.8 Å². The molecule has 3 aliphatic rings. The summed E-state index contributed by atoms with van der Waals surface area (Å²) in [5.74, 6) is -20.8. The van der Waals surface area contributed by atoms with Crippen LogP contribution in [-0.2, 0) is 76.7 Å². The first kappa shape index (κ1) is 80.6. The Morgan fingerprint density at radius 1 is 0.630 bits per heavy atom. The number of aliphatic carboxylic acids is 4. The van der Waals surface area contributed by atoms with Crippen molar-refractivity contribution in [3.05, 3.63) is 12.2 Å². The summed E-state index contributed by atoms with van der Waals surface area (Å²) >= 11 is 0. The molecule has 3 fully saturated rings. The molecule has 34 heteroatoms. The molecule has 33 nitrogen and oxygen atoms in total. The molecule has 3 heterocycles. The number of rotatable bonds is 38. The molecule has 0 aliphatic carbocycles. The van der Waals surface area contributed by atoms with Crippen molar-refractivity contribution in [3.63, 3.8) is 0 Å². The van der Waals surface area contributed by atoms with Crippen LogP contribution in [0.5, 0.6) is 0 Å². The molecule has 1 unspecified atom stereocenters. The molecule has 0 aromatic heterocycles. The summed E-state index contributed by atoms with van der Waals surface area (Å²) in [7, 11) is 0. The Morgan fingerprint density at radius 3 is 1.76 bits per heavy atom. The number of carbonyl (C=O) groups is 16. The summed E-state index contributed by atoms with van der Waals surface area (Å²) in [6, 6.07) is -15.7. The van der Waals surface area contributed by atoms with Gasteiger partial charge in [0.25, 0.3) is 0 Å². The Kier molecular flexibility index (Phi) is 34.8. The molecule has 0 aromatic rings. The van der Waals surface area contributed by atoms with Gasteiger partial charge in [-0.15, -0.1) is 0 Å². The molecular formula is C58H89CaN13O20. The smallest absolute Gasteiger partial charge is 0.550 e. The molecule has 0 saturated carbocycles. The normalized spacial score (nSPS) is 19.4. The molecule has 508 valence electrons. The number of amides is 12. The van der Waals surface area contributed by atoms with Crippen LogP contribution in [0, 0.1) is 17.8 Å². The number of piperazine rings is 1. The quantitative estimate of drug-likeness (QED) is 0.0155. The molecule has 0 radical (unpaired) electrons. The number of hydrogen-bond donors (Lipinski definition) is 13. The summed E-state index contributed by atoms with van der Waals surface area (Å²) in [4.78, 5) is 210. The molecule has 14 N–H and O–H groups in total. The fourth-order valence-electron chi connectivity index (χ4n) is 10.3. The minimum Gasteiger partial charge on any atom is -0.550 e. The molecule has 13 atom stereocenters. The van der Waals surface area contributed by atoms with Gasteiger partial charge in [-0.3, -0.25) is 67.1 Å². The van der Waals surface area contributed by atoms with Crippen LogP contribution in [-0.4, -0.2) is 245 Å². The number of piperidine rings is 1. The third-order valence-electron chi connectivity index (χ3n) is 15.8. The van der Waals surface area contributed by atoms with Crippen molar-refractivity contribution < 1.29 is 97.1 Å². The molecule has 0 spiro atoms. The first-order valence-corrected chi connectivity index (χ1v) is 30.6. The zero-order valence-electron chi connectivity index (χ0n) is 53.1. The van der Waals surface area contributed by atoms with E-state index in [9.17, 15) is 97.1 Å². The van der Waals surface area contributed by atoms with Gasteiger partial charge in [-0.05, 0) is 70.6 Å². The third-order valence-corrected chi connectivity index (χ3v) is 15.8. The number of carboxylic acid groups (broad SMARTS) is 4. The number of allylic oxidation sites excluding steroid dienone is 1. The van der Waals surface area contributed by atoms with Crippen LogP contribution in [0.25, 0.3) is 0 Å². The van der Waals surface area contributed by atoms with Crippen molar-refractivity contribution in [1.29, 1.82) is 0 Å². The van der Waals surface area contributed by atoms with E-state index in [0.29, 0.717) is 31.7 Å². The second kappa shape index (κ2) is 39.8. The van der Waals surface area contributed by atoms with Gasteiger partial charge in [0.2, 0.25) is 70.9 Å². The average Bonchev–Trinajstić information content (AvgIpc) is 2.66. The molecular weight excluding hydrogens is 1240 g/mol. The SMILES string of the molecule is CCC(C)CCCCC/C=C/CC(=O)N[C@@H](CC(=O)O)C(=O)N[C@H](C(=O)N[C@@H](CC(=O)O)C(=O)NCC(=O)N[C@@H](CC(=O)[O-])C(=O)NCC(=O)N[C@@H](C(=O)N[C@H](C(=O)N1CCC[C@H]1C(=O)N[C@@H](C)[C@@H]1NC(=O)[C@H]2CCCCN2C1=O)C(C)C)[C@H](C)N)[C@@H](C)C(=O)[O-].[Ca+2]. The summed E-state index contributed by atoms with van der Waals surface area (Å²) < 4.78 is 0. The van der Waals surface area contributed by atoms with E-state index in [4.69, 9.17) is 5.73 Å². The van der Waals surface area contributed by atoms with E-state index < -0.39 is 194 Å². The summed E-state index contributed by atoms with van der Waals surface area (Å²) in [6.07, 6.45) is 7.85. The Balaban J connectivity index is 0.0000288. The number of nitrogens with zero attached hydrogens (tertiary/aromatic N) is 2. The van der Waals surface area contributed by atoms with Crippen molar-refractivity contribution in [2.45, 2.75) is 211 Å². The number of unbranched alkanes of at least 4 members (excludes halogenated alkanes) is 3. The van der Waals surface area contributed by atoms with Gasteiger partial charge in [0.05, 0.1) is 32.0 Å². The number of nitrogens with two attached hydrogens (primary N) is 1. The van der Waals surface area contributed by atoms with Crippen molar-refractivity contribution >= 4 is 133 Å². The largest absolute Gasteiger partial charge is 2.00 e. The number of fused-ring (bicyclic) bond motifs is 1. The van der Waals surface area contributed by atoms with E-state index in [-0.39, 0.29) is 68.9 Å². The van der Waals surface area contributed by atoms with E-state index in [2.05, 4.69) is 45.7 Å². The van der Waals surface area contributed by atoms with Crippen LogP contribution in [0.4, 0.5) is 0 Å². The molecule has 3 saturated heterocycles. The Labute approximate surface area is 562 Å². The number of hydrogen-bond acceptors (Lipinski definition) is 19. The van der Waals surface area contributed by atoms with Crippen molar-refractivity contribution in [3.8, 4) is 0 Å². The molecule has 3 rings (SSSR count). The number of carboxylic acids is 4. The van der Waals surface area contributed by atoms with Gasteiger partial charge in [-0.25, -0.2) is 0 Å². The summed E-state index contributed by atoms with van der Waals surface area (Å²) in [5, 5.41) is 65.3. The molecule has 92 heavy (non-hydrogen) atoms. The van der Waals surface area contributed by atoms with E-state index in [0.717, 1.165) is 51.9 Å². The summed E-state index contributed by atoms with van der Waals surface area (Å²) in [5.41, 5.74) is 6.08. The zero-order valence-corrected chi connectivity index (χ0v) is 55.3.